The van der Waals surface area contributed by atoms with Crippen molar-refractivity contribution in [3.8, 4) is 6.07 Å². The van der Waals surface area contributed by atoms with E-state index in [1.807, 2.05) is 19.2 Å². The quantitative estimate of drug-likeness (QED) is 0.326. The number of ether oxygens (including phenoxy) is 1. The number of H-pyrrole nitrogens is 1. The first-order valence-electron chi connectivity index (χ1n) is 6.21. The van der Waals surface area contributed by atoms with Gasteiger partial charge in [0.1, 0.15) is 6.07 Å². The number of carbonyl (C=O) groups excluding carboxylic acids is 1. The minimum Gasteiger partial charge on any atom is -0.465 e. The van der Waals surface area contributed by atoms with Crippen molar-refractivity contribution in [3.63, 3.8) is 0 Å². The van der Waals surface area contributed by atoms with Gasteiger partial charge < -0.3 is 15.0 Å². The molecule has 1 aromatic rings. The zero-order chi connectivity index (χ0) is 15.7. The Morgan fingerprint density at radius 3 is 2.90 bits per heavy atom. The third-order valence-corrected chi connectivity index (χ3v) is 4.39. The summed E-state index contributed by atoms with van der Waals surface area (Å²) in [6, 6.07) is 1.88. The number of nitriles is 1. The second-order valence-corrected chi connectivity index (χ2v) is 5.88. The van der Waals surface area contributed by atoms with Gasteiger partial charge in [-0.05, 0) is 13.2 Å². The Bertz CT molecular complexity index is 549. The Balaban J connectivity index is 2.42. The number of esters is 1. The summed E-state index contributed by atoms with van der Waals surface area (Å²) in [5, 5.41) is 12.7. The molecule has 21 heavy (non-hydrogen) atoms. The SMILES string of the molecule is COC(=O)/C(C#N)=C(\NCCSCc1[nH]cnc1C)SC. The summed E-state index contributed by atoms with van der Waals surface area (Å²) < 4.78 is 4.59. The topological polar surface area (TPSA) is 90.8 Å². The molecule has 1 aromatic heterocycles. The molecule has 114 valence electrons. The van der Waals surface area contributed by atoms with Crippen LogP contribution in [0.3, 0.4) is 0 Å². The zero-order valence-electron chi connectivity index (χ0n) is 12.2. The highest BCUT2D eigenvalue weighted by Gasteiger charge is 2.15. The number of imidazole rings is 1. The summed E-state index contributed by atoms with van der Waals surface area (Å²) in [6.45, 7) is 2.63. The number of aromatic amines is 1. The normalized spacial score (nSPS) is 11.5. The van der Waals surface area contributed by atoms with Gasteiger partial charge in [0, 0.05) is 23.7 Å². The first-order chi connectivity index (χ1) is 10.1. The number of thioether (sulfide) groups is 2. The van der Waals surface area contributed by atoms with E-state index in [1.54, 1.807) is 18.1 Å². The van der Waals surface area contributed by atoms with Crippen molar-refractivity contribution in [1.82, 2.24) is 15.3 Å². The average Bonchev–Trinajstić information content (AvgIpc) is 2.90. The van der Waals surface area contributed by atoms with Crippen LogP contribution in [-0.4, -0.2) is 41.6 Å². The van der Waals surface area contributed by atoms with Crippen LogP contribution in [0, 0.1) is 18.3 Å². The van der Waals surface area contributed by atoms with Crippen LogP contribution in [0.1, 0.15) is 11.4 Å². The van der Waals surface area contributed by atoms with Gasteiger partial charge in [0.25, 0.3) is 0 Å². The Morgan fingerprint density at radius 1 is 1.62 bits per heavy atom. The van der Waals surface area contributed by atoms with Gasteiger partial charge in [0.2, 0.25) is 0 Å². The number of hydrogen-bond acceptors (Lipinski definition) is 7. The molecule has 0 amide bonds. The van der Waals surface area contributed by atoms with Crippen LogP contribution in [0.4, 0.5) is 0 Å². The minimum absolute atomic E-state index is 0.0133. The van der Waals surface area contributed by atoms with E-state index in [0.29, 0.717) is 11.6 Å². The van der Waals surface area contributed by atoms with Crippen LogP contribution >= 0.6 is 23.5 Å². The largest absolute Gasteiger partial charge is 0.465 e. The molecule has 0 unspecified atom stereocenters. The number of carbonyl (C=O) groups is 1. The van der Waals surface area contributed by atoms with E-state index in [-0.39, 0.29) is 5.57 Å². The van der Waals surface area contributed by atoms with Crippen molar-refractivity contribution in [1.29, 1.82) is 5.26 Å². The van der Waals surface area contributed by atoms with Crippen LogP contribution in [0.25, 0.3) is 0 Å². The van der Waals surface area contributed by atoms with Crippen molar-refractivity contribution in [2.45, 2.75) is 12.7 Å². The molecule has 2 N–H and O–H groups in total. The van der Waals surface area contributed by atoms with Crippen LogP contribution in [0.15, 0.2) is 16.9 Å². The monoisotopic (exact) mass is 326 g/mol. The molecule has 0 spiro atoms. The van der Waals surface area contributed by atoms with Gasteiger partial charge in [-0.15, -0.1) is 11.8 Å². The average molecular weight is 326 g/mol. The molecule has 0 aliphatic rings. The molecule has 0 saturated heterocycles. The van der Waals surface area contributed by atoms with Crippen molar-refractivity contribution >= 4 is 29.5 Å². The Hall–Kier alpha value is -1.59. The van der Waals surface area contributed by atoms with Gasteiger partial charge in [-0.1, -0.05) is 0 Å². The van der Waals surface area contributed by atoms with Crippen LogP contribution in [0.5, 0.6) is 0 Å². The summed E-state index contributed by atoms with van der Waals surface area (Å²) in [5.74, 6) is 1.09. The molecular weight excluding hydrogens is 308 g/mol. The zero-order valence-corrected chi connectivity index (χ0v) is 13.9. The van der Waals surface area contributed by atoms with E-state index >= 15 is 0 Å². The molecule has 0 fully saturated rings. The van der Waals surface area contributed by atoms with Gasteiger partial charge in [-0.3, -0.25) is 0 Å². The number of nitrogens with zero attached hydrogens (tertiary/aromatic N) is 2. The highest BCUT2D eigenvalue weighted by atomic mass is 32.2. The summed E-state index contributed by atoms with van der Waals surface area (Å²) in [6.07, 6.45) is 3.50. The lowest BCUT2D eigenvalue weighted by Gasteiger charge is -2.10. The first kappa shape index (κ1) is 17.5. The van der Waals surface area contributed by atoms with Crippen molar-refractivity contribution < 1.29 is 9.53 Å². The third-order valence-electron chi connectivity index (χ3n) is 2.64. The molecular formula is C13H18N4O2S2. The van der Waals surface area contributed by atoms with E-state index < -0.39 is 5.97 Å². The van der Waals surface area contributed by atoms with Gasteiger partial charge in [0.05, 0.1) is 24.2 Å². The maximum Gasteiger partial charge on any atom is 0.351 e. The second kappa shape index (κ2) is 9.37. The van der Waals surface area contributed by atoms with E-state index in [4.69, 9.17) is 5.26 Å². The number of aryl methyl sites for hydroxylation is 1. The number of hydrogen-bond donors (Lipinski definition) is 2. The summed E-state index contributed by atoms with van der Waals surface area (Å²) in [5.41, 5.74) is 2.14. The lowest BCUT2D eigenvalue weighted by atomic mass is 10.3. The first-order valence-corrected chi connectivity index (χ1v) is 8.59. The number of methoxy groups -OCH3 is 1. The molecule has 0 aliphatic carbocycles. The summed E-state index contributed by atoms with van der Waals surface area (Å²) in [7, 11) is 1.26. The molecule has 1 heterocycles. The smallest absolute Gasteiger partial charge is 0.351 e. The Labute approximate surface area is 132 Å². The standard InChI is InChI=1S/C13H18N4O2S2/c1-9-11(17-8-16-9)7-21-5-4-15-12(20-3)10(6-14)13(18)19-2/h8,15H,4-5,7H2,1-3H3,(H,16,17)/b12-10+. The molecule has 0 aliphatic heterocycles. The van der Waals surface area contributed by atoms with Crippen molar-refractivity contribution in [2.75, 3.05) is 25.7 Å². The van der Waals surface area contributed by atoms with Crippen LogP contribution in [-0.2, 0) is 15.3 Å². The predicted molar refractivity (Wildman–Crippen MR) is 85.7 cm³/mol. The maximum absolute atomic E-state index is 11.5. The number of aromatic nitrogens is 2. The summed E-state index contributed by atoms with van der Waals surface area (Å²) in [4.78, 5) is 18.7. The van der Waals surface area contributed by atoms with E-state index in [0.717, 1.165) is 22.9 Å². The predicted octanol–water partition coefficient (Wildman–Crippen LogP) is 1.81. The second-order valence-electron chi connectivity index (χ2n) is 3.96. The fraction of sp³-hybridized carbons (Fsp3) is 0.462. The van der Waals surface area contributed by atoms with Gasteiger partial charge in [-0.25, -0.2) is 9.78 Å². The lowest BCUT2D eigenvalue weighted by molar-refractivity contribution is -0.135. The minimum atomic E-state index is -0.616. The van der Waals surface area contributed by atoms with Crippen molar-refractivity contribution in [3.05, 3.63) is 28.3 Å². The summed E-state index contributed by atoms with van der Waals surface area (Å²) >= 11 is 3.07. The lowest BCUT2D eigenvalue weighted by Crippen LogP contribution is -2.19. The Kier molecular flexibility index (Phi) is 7.79. The van der Waals surface area contributed by atoms with Crippen molar-refractivity contribution in [2.24, 2.45) is 0 Å². The molecule has 0 aromatic carbocycles. The fourth-order valence-electron chi connectivity index (χ4n) is 1.50. The molecule has 0 atom stereocenters. The highest BCUT2D eigenvalue weighted by molar-refractivity contribution is 8.02. The van der Waals surface area contributed by atoms with E-state index in [9.17, 15) is 4.79 Å². The van der Waals surface area contributed by atoms with Gasteiger partial charge >= 0.3 is 5.97 Å². The third kappa shape index (κ3) is 5.36. The van der Waals surface area contributed by atoms with Gasteiger partial charge in [-0.2, -0.15) is 17.0 Å². The molecule has 1 rings (SSSR count). The van der Waals surface area contributed by atoms with E-state index in [1.165, 1.54) is 18.9 Å². The van der Waals surface area contributed by atoms with Crippen LogP contribution < -0.4 is 5.32 Å². The van der Waals surface area contributed by atoms with Crippen LogP contribution in [0.2, 0.25) is 0 Å². The molecule has 6 nitrogen and oxygen atoms in total. The number of nitrogens with one attached hydrogen (secondary N) is 2. The number of rotatable bonds is 8. The molecule has 0 bridgehead atoms. The molecule has 0 radical (unpaired) electrons. The maximum atomic E-state index is 11.5. The van der Waals surface area contributed by atoms with E-state index in [2.05, 4.69) is 20.0 Å². The molecule has 0 saturated carbocycles. The fourth-order valence-corrected chi connectivity index (χ4v) is 2.97. The highest BCUT2D eigenvalue weighted by Crippen LogP contribution is 2.16. The van der Waals surface area contributed by atoms with Gasteiger partial charge in [0.15, 0.2) is 5.57 Å². The Morgan fingerprint density at radius 2 is 2.38 bits per heavy atom. The molecule has 8 heteroatoms.